The first-order chi connectivity index (χ1) is 10.3. The van der Waals surface area contributed by atoms with Gasteiger partial charge in [-0.05, 0) is 55.1 Å². The van der Waals surface area contributed by atoms with Gasteiger partial charge in [0.25, 0.3) is 0 Å². The lowest BCUT2D eigenvalue weighted by Crippen LogP contribution is -2.34. The Kier molecular flexibility index (Phi) is 4.95. The topological polar surface area (TPSA) is 33.1 Å². The zero-order valence-corrected chi connectivity index (χ0v) is 13.3. The monoisotopic (exact) mass is 287 g/mol. The van der Waals surface area contributed by atoms with Crippen LogP contribution in [-0.2, 0) is 12.8 Å². The van der Waals surface area contributed by atoms with Crippen molar-refractivity contribution in [1.82, 2.24) is 4.98 Å². The number of hydrogen-bond acceptors (Lipinski definition) is 2. The van der Waals surface area contributed by atoms with Gasteiger partial charge in [-0.25, -0.2) is 0 Å². The summed E-state index contributed by atoms with van der Waals surface area (Å²) < 4.78 is 0. The van der Waals surface area contributed by atoms with Crippen LogP contribution in [0.5, 0.6) is 0 Å². The Morgan fingerprint density at radius 3 is 2.67 bits per heavy atom. The second-order valence-corrected chi connectivity index (χ2v) is 7.16. The SMILES string of the molecule is CCc1ccc(CC(O)C2CCC3CCCCC3C2)nc1. The summed E-state index contributed by atoms with van der Waals surface area (Å²) in [5, 5.41) is 10.6. The maximum atomic E-state index is 10.6. The zero-order chi connectivity index (χ0) is 14.7. The molecule has 116 valence electrons. The molecule has 2 fully saturated rings. The molecule has 4 atom stereocenters. The molecular formula is C19H29NO. The van der Waals surface area contributed by atoms with Crippen LogP contribution in [0.3, 0.4) is 0 Å². The molecule has 0 amide bonds. The third-order valence-electron chi connectivity index (χ3n) is 5.84. The highest BCUT2D eigenvalue weighted by Gasteiger charge is 2.34. The molecule has 2 nitrogen and oxygen atoms in total. The molecule has 0 saturated heterocycles. The van der Waals surface area contributed by atoms with Crippen LogP contribution in [0.2, 0.25) is 0 Å². The average molecular weight is 287 g/mol. The Morgan fingerprint density at radius 1 is 1.14 bits per heavy atom. The Labute approximate surface area is 129 Å². The number of aliphatic hydroxyl groups is 1. The number of aliphatic hydroxyl groups excluding tert-OH is 1. The average Bonchev–Trinajstić information content (AvgIpc) is 2.55. The van der Waals surface area contributed by atoms with Gasteiger partial charge in [0, 0.05) is 18.3 Å². The summed E-state index contributed by atoms with van der Waals surface area (Å²) in [7, 11) is 0. The van der Waals surface area contributed by atoms with Crippen LogP contribution in [0.25, 0.3) is 0 Å². The van der Waals surface area contributed by atoms with Crippen LogP contribution in [0.4, 0.5) is 0 Å². The predicted molar refractivity (Wildman–Crippen MR) is 86.1 cm³/mol. The number of fused-ring (bicyclic) bond motifs is 1. The van der Waals surface area contributed by atoms with Crippen molar-refractivity contribution in [1.29, 1.82) is 0 Å². The van der Waals surface area contributed by atoms with E-state index in [1.165, 1.54) is 50.5 Å². The summed E-state index contributed by atoms with van der Waals surface area (Å²) in [6.07, 6.45) is 13.0. The normalized spacial score (nSPS) is 30.7. The first-order valence-electron chi connectivity index (χ1n) is 8.88. The molecule has 2 saturated carbocycles. The number of rotatable bonds is 4. The molecule has 0 aromatic carbocycles. The lowest BCUT2D eigenvalue weighted by Gasteiger charge is -2.40. The molecule has 1 aromatic heterocycles. The summed E-state index contributed by atoms with van der Waals surface area (Å²) >= 11 is 0. The molecule has 1 aromatic rings. The minimum Gasteiger partial charge on any atom is -0.392 e. The van der Waals surface area contributed by atoms with Crippen molar-refractivity contribution < 1.29 is 5.11 Å². The highest BCUT2D eigenvalue weighted by molar-refractivity contribution is 5.14. The van der Waals surface area contributed by atoms with Crippen molar-refractivity contribution in [2.45, 2.75) is 70.8 Å². The first kappa shape index (κ1) is 15.0. The molecule has 0 radical (unpaired) electrons. The number of aromatic nitrogens is 1. The van der Waals surface area contributed by atoms with Crippen molar-refractivity contribution in [3.63, 3.8) is 0 Å². The molecule has 1 heterocycles. The van der Waals surface area contributed by atoms with Gasteiger partial charge in [-0.3, -0.25) is 4.98 Å². The van der Waals surface area contributed by atoms with Crippen LogP contribution in [0, 0.1) is 17.8 Å². The third kappa shape index (κ3) is 3.66. The molecule has 1 N–H and O–H groups in total. The van der Waals surface area contributed by atoms with Crippen molar-refractivity contribution >= 4 is 0 Å². The van der Waals surface area contributed by atoms with Crippen LogP contribution in [0.1, 0.15) is 63.1 Å². The third-order valence-corrected chi connectivity index (χ3v) is 5.84. The van der Waals surface area contributed by atoms with E-state index in [-0.39, 0.29) is 6.10 Å². The van der Waals surface area contributed by atoms with Gasteiger partial charge in [0.1, 0.15) is 0 Å². The van der Waals surface area contributed by atoms with Gasteiger partial charge in [-0.15, -0.1) is 0 Å². The molecule has 2 aliphatic carbocycles. The minimum absolute atomic E-state index is 0.201. The molecule has 4 unspecified atom stereocenters. The molecule has 0 spiro atoms. The van der Waals surface area contributed by atoms with E-state index in [0.717, 1.165) is 30.4 Å². The van der Waals surface area contributed by atoms with E-state index < -0.39 is 0 Å². The number of aryl methyl sites for hydroxylation is 1. The van der Waals surface area contributed by atoms with Crippen molar-refractivity contribution in [3.05, 3.63) is 29.6 Å². The predicted octanol–water partition coefficient (Wildman–Crippen LogP) is 4.15. The Hall–Kier alpha value is -0.890. The van der Waals surface area contributed by atoms with Gasteiger partial charge < -0.3 is 5.11 Å². The molecule has 2 heteroatoms. The van der Waals surface area contributed by atoms with E-state index >= 15 is 0 Å². The van der Waals surface area contributed by atoms with Crippen molar-refractivity contribution in [3.8, 4) is 0 Å². The fourth-order valence-electron chi connectivity index (χ4n) is 4.43. The Morgan fingerprint density at radius 2 is 1.95 bits per heavy atom. The fourth-order valence-corrected chi connectivity index (χ4v) is 4.43. The fraction of sp³-hybridized carbons (Fsp3) is 0.737. The second kappa shape index (κ2) is 6.91. The van der Waals surface area contributed by atoms with Crippen LogP contribution in [0.15, 0.2) is 18.3 Å². The maximum Gasteiger partial charge on any atom is 0.0623 e. The lowest BCUT2D eigenvalue weighted by molar-refractivity contribution is 0.0356. The van der Waals surface area contributed by atoms with Gasteiger partial charge in [-0.1, -0.05) is 38.7 Å². The van der Waals surface area contributed by atoms with E-state index in [1.54, 1.807) is 0 Å². The van der Waals surface area contributed by atoms with Crippen LogP contribution in [-0.4, -0.2) is 16.2 Å². The second-order valence-electron chi connectivity index (χ2n) is 7.16. The smallest absolute Gasteiger partial charge is 0.0623 e. The van der Waals surface area contributed by atoms with E-state index in [1.807, 2.05) is 6.20 Å². The molecule has 3 rings (SSSR count). The minimum atomic E-state index is -0.201. The number of hydrogen-bond donors (Lipinski definition) is 1. The number of nitrogens with zero attached hydrogens (tertiary/aromatic N) is 1. The summed E-state index contributed by atoms with van der Waals surface area (Å²) in [6, 6.07) is 4.24. The van der Waals surface area contributed by atoms with E-state index in [2.05, 4.69) is 24.0 Å². The van der Waals surface area contributed by atoms with Crippen LogP contribution < -0.4 is 0 Å². The molecule has 2 aliphatic rings. The Balaban J connectivity index is 1.56. The van der Waals surface area contributed by atoms with Crippen molar-refractivity contribution in [2.24, 2.45) is 17.8 Å². The van der Waals surface area contributed by atoms with E-state index in [4.69, 9.17) is 0 Å². The first-order valence-corrected chi connectivity index (χ1v) is 8.88. The van der Waals surface area contributed by atoms with Crippen molar-refractivity contribution in [2.75, 3.05) is 0 Å². The highest BCUT2D eigenvalue weighted by Crippen LogP contribution is 2.43. The van der Waals surface area contributed by atoms with Gasteiger partial charge in [-0.2, -0.15) is 0 Å². The van der Waals surface area contributed by atoms with Gasteiger partial charge in [0.05, 0.1) is 6.10 Å². The standard InChI is InChI=1S/C19H29NO/c1-2-14-7-10-18(20-13-14)12-19(21)17-9-8-15-5-3-4-6-16(15)11-17/h7,10,13,15-17,19,21H,2-6,8-9,11-12H2,1H3. The summed E-state index contributed by atoms with van der Waals surface area (Å²) in [5.41, 5.74) is 2.32. The van der Waals surface area contributed by atoms with Gasteiger partial charge >= 0.3 is 0 Å². The zero-order valence-electron chi connectivity index (χ0n) is 13.3. The molecule has 0 aliphatic heterocycles. The number of pyridine rings is 1. The summed E-state index contributed by atoms with van der Waals surface area (Å²) in [5.74, 6) is 2.35. The summed E-state index contributed by atoms with van der Waals surface area (Å²) in [4.78, 5) is 4.51. The maximum absolute atomic E-state index is 10.6. The lowest BCUT2D eigenvalue weighted by atomic mass is 9.66. The van der Waals surface area contributed by atoms with Gasteiger partial charge in [0.15, 0.2) is 0 Å². The Bertz CT molecular complexity index is 441. The van der Waals surface area contributed by atoms with E-state index in [9.17, 15) is 5.11 Å². The van der Waals surface area contributed by atoms with Gasteiger partial charge in [0.2, 0.25) is 0 Å². The highest BCUT2D eigenvalue weighted by atomic mass is 16.3. The van der Waals surface area contributed by atoms with E-state index in [0.29, 0.717) is 5.92 Å². The molecule has 0 bridgehead atoms. The largest absolute Gasteiger partial charge is 0.392 e. The molecular weight excluding hydrogens is 258 g/mol. The van der Waals surface area contributed by atoms with Crippen LogP contribution >= 0.6 is 0 Å². The quantitative estimate of drug-likeness (QED) is 0.902. The summed E-state index contributed by atoms with van der Waals surface area (Å²) in [6.45, 7) is 2.15. The molecule has 21 heavy (non-hydrogen) atoms.